The molecule has 0 aliphatic carbocycles. The van der Waals surface area contributed by atoms with Crippen LogP contribution in [0, 0.1) is 0 Å². The molecule has 1 aromatic heterocycles. The molecule has 1 aromatic carbocycles. The minimum absolute atomic E-state index is 0.0640. The molecule has 0 unspecified atom stereocenters. The SMILES string of the molecule is COCCCCC(=O)Cn1sc2ccccc2c1=O. The van der Waals surface area contributed by atoms with E-state index < -0.39 is 0 Å². The van der Waals surface area contributed by atoms with E-state index in [0.717, 1.165) is 17.5 Å². The van der Waals surface area contributed by atoms with Crippen LogP contribution in [-0.4, -0.2) is 23.5 Å². The fraction of sp³-hybridized carbons (Fsp3) is 0.429. The van der Waals surface area contributed by atoms with Gasteiger partial charge in [-0.15, -0.1) is 0 Å². The Bertz CT molecular complexity index is 614. The summed E-state index contributed by atoms with van der Waals surface area (Å²) < 4.78 is 7.41. The van der Waals surface area contributed by atoms with Crippen molar-refractivity contribution in [3.8, 4) is 0 Å². The van der Waals surface area contributed by atoms with Gasteiger partial charge in [0.2, 0.25) is 0 Å². The molecule has 0 aliphatic rings. The van der Waals surface area contributed by atoms with Gasteiger partial charge in [0.1, 0.15) is 0 Å². The largest absolute Gasteiger partial charge is 0.385 e. The van der Waals surface area contributed by atoms with Gasteiger partial charge < -0.3 is 4.74 Å². The van der Waals surface area contributed by atoms with E-state index in [4.69, 9.17) is 4.74 Å². The molecule has 0 saturated carbocycles. The second-order valence-corrected chi connectivity index (χ2v) is 5.48. The van der Waals surface area contributed by atoms with Crippen molar-refractivity contribution in [3.63, 3.8) is 0 Å². The Labute approximate surface area is 115 Å². The zero-order valence-electron chi connectivity index (χ0n) is 10.9. The van der Waals surface area contributed by atoms with E-state index in [1.807, 2.05) is 18.2 Å². The second kappa shape index (κ2) is 6.63. The molecule has 0 amide bonds. The highest BCUT2D eigenvalue weighted by Crippen LogP contribution is 2.16. The first-order chi connectivity index (χ1) is 9.22. The van der Waals surface area contributed by atoms with Crippen molar-refractivity contribution in [3.05, 3.63) is 34.6 Å². The number of carbonyl (C=O) groups excluding carboxylic acids is 1. The minimum Gasteiger partial charge on any atom is -0.385 e. The van der Waals surface area contributed by atoms with Gasteiger partial charge in [-0.3, -0.25) is 13.5 Å². The fourth-order valence-corrected chi connectivity index (χ4v) is 2.95. The molecule has 0 fully saturated rings. The van der Waals surface area contributed by atoms with Crippen LogP contribution in [-0.2, 0) is 16.1 Å². The fourth-order valence-electron chi connectivity index (χ4n) is 1.93. The molecular formula is C14H17NO3S. The number of nitrogens with zero attached hydrogens (tertiary/aromatic N) is 1. The van der Waals surface area contributed by atoms with E-state index in [2.05, 4.69) is 0 Å². The lowest BCUT2D eigenvalue weighted by molar-refractivity contribution is -0.119. The number of hydrogen-bond donors (Lipinski definition) is 0. The van der Waals surface area contributed by atoms with Crippen LogP contribution in [0.4, 0.5) is 0 Å². The number of aromatic nitrogens is 1. The smallest absolute Gasteiger partial charge is 0.268 e. The number of rotatable bonds is 7. The van der Waals surface area contributed by atoms with Crippen LogP contribution in [0.2, 0.25) is 0 Å². The number of unbranched alkanes of at least 4 members (excludes halogenated alkanes) is 1. The van der Waals surface area contributed by atoms with Crippen molar-refractivity contribution in [2.24, 2.45) is 0 Å². The lowest BCUT2D eigenvalue weighted by atomic mass is 10.2. The Morgan fingerprint density at radius 2 is 2.11 bits per heavy atom. The summed E-state index contributed by atoms with van der Waals surface area (Å²) in [5.74, 6) is 0.102. The molecule has 2 rings (SSSR count). The predicted octanol–water partition coefficient (Wildman–Crippen LogP) is 2.45. The van der Waals surface area contributed by atoms with Crippen LogP contribution in [0.25, 0.3) is 10.1 Å². The van der Waals surface area contributed by atoms with Gasteiger partial charge in [0.05, 0.1) is 16.6 Å². The predicted molar refractivity (Wildman–Crippen MR) is 76.8 cm³/mol. The molecule has 0 radical (unpaired) electrons. The summed E-state index contributed by atoms with van der Waals surface area (Å²) in [4.78, 5) is 23.9. The van der Waals surface area contributed by atoms with E-state index in [1.54, 1.807) is 17.1 Å². The Morgan fingerprint density at radius 3 is 2.84 bits per heavy atom. The third kappa shape index (κ3) is 3.52. The van der Waals surface area contributed by atoms with Gasteiger partial charge in [0.15, 0.2) is 5.78 Å². The third-order valence-electron chi connectivity index (χ3n) is 2.93. The van der Waals surface area contributed by atoms with Crippen LogP contribution in [0.5, 0.6) is 0 Å². The summed E-state index contributed by atoms with van der Waals surface area (Å²) in [7, 11) is 1.65. The lowest BCUT2D eigenvalue weighted by Crippen LogP contribution is -2.18. The van der Waals surface area contributed by atoms with Crippen LogP contribution in [0.15, 0.2) is 29.1 Å². The molecule has 0 saturated heterocycles. The number of fused-ring (bicyclic) bond motifs is 1. The van der Waals surface area contributed by atoms with Crippen molar-refractivity contribution in [2.75, 3.05) is 13.7 Å². The number of methoxy groups -OCH3 is 1. The van der Waals surface area contributed by atoms with Gasteiger partial charge >= 0.3 is 0 Å². The molecule has 0 N–H and O–H groups in total. The van der Waals surface area contributed by atoms with Gasteiger partial charge in [0, 0.05) is 20.1 Å². The molecule has 0 bridgehead atoms. The molecule has 102 valence electrons. The monoisotopic (exact) mass is 279 g/mol. The van der Waals surface area contributed by atoms with Crippen LogP contribution < -0.4 is 5.56 Å². The summed E-state index contributed by atoms with van der Waals surface area (Å²) in [6.07, 6.45) is 2.19. The number of benzene rings is 1. The number of hydrogen-bond acceptors (Lipinski definition) is 4. The molecular weight excluding hydrogens is 262 g/mol. The molecule has 0 atom stereocenters. The average Bonchev–Trinajstić information content (AvgIpc) is 2.72. The Morgan fingerprint density at radius 1 is 1.32 bits per heavy atom. The first-order valence-corrected chi connectivity index (χ1v) is 7.09. The maximum atomic E-state index is 12.0. The topological polar surface area (TPSA) is 48.3 Å². The average molecular weight is 279 g/mol. The van der Waals surface area contributed by atoms with Crippen molar-refractivity contribution in [2.45, 2.75) is 25.8 Å². The Balaban J connectivity index is 1.99. The van der Waals surface area contributed by atoms with Gasteiger partial charge in [-0.05, 0) is 25.0 Å². The van der Waals surface area contributed by atoms with Gasteiger partial charge in [-0.25, -0.2) is 0 Å². The number of Topliss-reactive ketones (excluding diaryl/α,β-unsaturated/α-hetero) is 1. The zero-order valence-corrected chi connectivity index (χ0v) is 11.7. The molecule has 0 spiro atoms. The minimum atomic E-state index is -0.0640. The standard InChI is InChI=1S/C14H17NO3S/c1-18-9-5-4-6-11(16)10-15-14(17)12-7-2-3-8-13(12)19-15/h2-3,7-8H,4-6,9-10H2,1H3. The normalized spacial score (nSPS) is 11.0. The lowest BCUT2D eigenvalue weighted by Gasteiger charge is -2.00. The first-order valence-electron chi connectivity index (χ1n) is 6.32. The summed E-state index contributed by atoms with van der Waals surface area (Å²) in [5, 5.41) is 0.694. The molecule has 5 heteroatoms. The van der Waals surface area contributed by atoms with Crippen LogP contribution in [0.3, 0.4) is 0 Å². The van der Waals surface area contributed by atoms with Gasteiger partial charge in [0.25, 0.3) is 5.56 Å². The van der Waals surface area contributed by atoms with Crippen molar-refractivity contribution >= 4 is 27.4 Å². The first kappa shape index (κ1) is 14.0. The van der Waals surface area contributed by atoms with Crippen molar-refractivity contribution in [1.29, 1.82) is 0 Å². The van der Waals surface area contributed by atoms with E-state index >= 15 is 0 Å². The number of ether oxygens (including phenoxy) is 1. The van der Waals surface area contributed by atoms with Gasteiger partial charge in [-0.1, -0.05) is 23.7 Å². The quantitative estimate of drug-likeness (QED) is 0.731. The van der Waals surface area contributed by atoms with Crippen LogP contribution >= 0.6 is 11.5 Å². The second-order valence-electron chi connectivity index (χ2n) is 4.42. The number of ketones is 1. The Kier molecular flexibility index (Phi) is 4.87. The zero-order chi connectivity index (χ0) is 13.7. The summed E-state index contributed by atoms with van der Waals surface area (Å²) in [6.45, 7) is 0.862. The van der Waals surface area contributed by atoms with Crippen molar-refractivity contribution < 1.29 is 9.53 Å². The van der Waals surface area contributed by atoms with Gasteiger partial charge in [-0.2, -0.15) is 0 Å². The highest BCUT2D eigenvalue weighted by Gasteiger charge is 2.10. The van der Waals surface area contributed by atoms with E-state index in [0.29, 0.717) is 18.4 Å². The third-order valence-corrected chi connectivity index (χ3v) is 3.99. The molecule has 4 nitrogen and oxygen atoms in total. The summed E-state index contributed by atoms with van der Waals surface area (Å²) in [6, 6.07) is 7.44. The highest BCUT2D eigenvalue weighted by atomic mass is 32.1. The maximum absolute atomic E-state index is 12.0. The molecule has 19 heavy (non-hydrogen) atoms. The molecule has 2 aromatic rings. The van der Waals surface area contributed by atoms with Crippen LogP contribution in [0.1, 0.15) is 19.3 Å². The van der Waals surface area contributed by atoms with E-state index in [-0.39, 0.29) is 17.9 Å². The number of carbonyl (C=O) groups is 1. The van der Waals surface area contributed by atoms with E-state index in [1.165, 1.54) is 11.5 Å². The summed E-state index contributed by atoms with van der Waals surface area (Å²) in [5.41, 5.74) is -0.0640. The summed E-state index contributed by atoms with van der Waals surface area (Å²) >= 11 is 1.35. The van der Waals surface area contributed by atoms with E-state index in [9.17, 15) is 9.59 Å². The molecule has 0 aliphatic heterocycles. The maximum Gasteiger partial charge on any atom is 0.268 e. The highest BCUT2D eigenvalue weighted by molar-refractivity contribution is 7.13. The van der Waals surface area contributed by atoms with Crippen molar-refractivity contribution in [1.82, 2.24) is 3.96 Å². The Hall–Kier alpha value is -1.46. The molecule has 1 heterocycles.